The molecule has 1 heterocycles. The van der Waals surface area contributed by atoms with E-state index >= 15 is 0 Å². The molecule has 146 valence electrons. The summed E-state index contributed by atoms with van der Waals surface area (Å²) < 4.78 is 0. The molecule has 0 aromatic heterocycles. The molecule has 2 aliphatic rings. The number of rotatable bonds is 7. The fraction of sp³-hybridized carbons (Fsp3) is 0.950. The molecular formula is C20H40N4O. The zero-order valence-corrected chi connectivity index (χ0v) is 16.7. The Kier molecular flexibility index (Phi) is 8.50. The number of nitrogens with one attached hydrogen (secondary N) is 2. The maximum Gasteiger partial charge on any atom is 0.191 e. The molecule has 1 saturated heterocycles. The third kappa shape index (κ3) is 6.45. The number of hydrogen-bond acceptors (Lipinski definition) is 3. The van der Waals surface area contributed by atoms with E-state index in [1.54, 1.807) is 0 Å². The van der Waals surface area contributed by atoms with Gasteiger partial charge in [0.05, 0.1) is 12.6 Å². The van der Waals surface area contributed by atoms with Crippen molar-refractivity contribution in [2.75, 3.05) is 39.3 Å². The van der Waals surface area contributed by atoms with Gasteiger partial charge in [0.25, 0.3) is 0 Å². The molecule has 2 rings (SSSR count). The monoisotopic (exact) mass is 352 g/mol. The molecular weight excluding hydrogens is 312 g/mol. The van der Waals surface area contributed by atoms with Crippen molar-refractivity contribution in [3.63, 3.8) is 0 Å². The first-order valence-corrected chi connectivity index (χ1v) is 10.5. The van der Waals surface area contributed by atoms with Gasteiger partial charge in [-0.05, 0) is 64.6 Å². The Morgan fingerprint density at radius 2 is 1.92 bits per heavy atom. The Morgan fingerprint density at radius 3 is 2.56 bits per heavy atom. The van der Waals surface area contributed by atoms with Crippen molar-refractivity contribution >= 4 is 5.96 Å². The standard InChI is InChI=1S/C20H40N4O/c1-4-21-19(23-16-20(3)12-7-6-8-18(20)25)22-13-9-17-10-14-24(5-2)15-11-17/h17-18,25H,4-16H2,1-3H3,(H2,21,22,23). The van der Waals surface area contributed by atoms with Gasteiger partial charge in [-0.3, -0.25) is 4.99 Å². The average Bonchev–Trinajstić information content (AvgIpc) is 2.63. The smallest absolute Gasteiger partial charge is 0.191 e. The highest BCUT2D eigenvalue weighted by molar-refractivity contribution is 5.79. The summed E-state index contributed by atoms with van der Waals surface area (Å²) in [6.45, 7) is 12.8. The van der Waals surface area contributed by atoms with Crippen LogP contribution in [0.4, 0.5) is 0 Å². The van der Waals surface area contributed by atoms with E-state index < -0.39 is 0 Å². The first-order valence-electron chi connectivity index (χ1n) is 10.5. The Hall–Kier alpha value is -0.810. The van der Waals surface area contributed by atoms with Crippen molar-refractivity contribution in [3.05, 3.63) is 0 Å². The molecule has 0 radical (unpaired) electrons. The number of aliphatic imine (C=N–C) groups is 1. The maximum atomic E-state index is 10.3. The van der Waals surface area contributed by atoms with E-state index in [2.05, 4.69) is 36.3 Å². The molecule has 5 heteroatoms. The largest absolute Gasteiger partial charge is 0.392 e. The van der Waals surface area contributed by atoms with Crippen LogP contribution >= 0.6 is 0 Å². The highest BCUT2D eigenvalue weighted by Crippen LogP contribution is 2.36. The normalized spacial score (nSPS) is 29.6. The molecule has 25 heavy (non-hydrogen) atoms. The fourth-order valence-electron chi connectivity index (χ4n) is 4.15. The molecule has 1 aliphatic carbocycles. The summed E-state index contributed by atoms with van der Waals surface area (Å²) in [7, 11) is 0. The van der Waals surface area contributed by atoms with Crippen molar-refractivity contribution in [1.29, 1.82) is 0 Å². The van der Waals surface area contributed by atoms with Gasteiger partial charge in [-0.15, -0.1) is 0 Å². The number of piperidine rings is 1. The number of likely N-dealkylation sites (tertiary alicyclic amines) is 1. The molecule has 0 aromatic carbocycles. The molecule has 1 aliphatic heterocycles. The molecule has 2 unspecified atom stereocenters. The Bertz CT molecular complexity index is 407. The predicted octanol–water partition coefficient (Wildman–Crippen LogP) is 2.60. The summed E-state index contributed by atoms with van der Waals surface area (Å²) in [5, 5.41) is 17.2. The lowest BCUT2D eigenvalue weighted by Gasteiger charge is -2.37. The van der Waals surface area contributed by atoms with Gasteiger partial charge in [0, 0.05) is 18.5 Å². The van der Waals surface area contributed by atoms with Gasteiger partial charge in [0.2, 0.25) is 0 Å². The molecule has 0 aromatic rings. The van der Waals surface area contributed by atoms with Crippen molar-refractivity contribution in [2.45, 2.75) is 71.8 Å². The summed E-state index contributed by atoms with van der Waals surface area (Å²) in [6.07, 6.45) is 8.03. The van der Waals surface area contributed by atoms with Crippen LogP contribution in [0.2, 0.25) is 0 Å². The lowest BCUT2D eigenvalue weighted by atomic mass is 9.73. The van der Waals surface area contributed by atoms with E-state index in [1.807, 2.05) is 0 Å². The molecule has 2 fully saturated rings. The van der Waals surface area contributed by atoms with E-state index in [0.717, 1.165) is 44.2 Å². The molecule has 3 N–H and O–H groups in total. The molecule has 0 spiro atoms. The van der Waals surface area contributed by atoms with Gasteiger partial charge in [-0.2, -0.15) is 0 Å². The third-order valence-corrected chi connectivity index (χ3v) is 6.22. The summed E-state index contributed by atoms with van der Waals surface area (Å²) in [5.41, 5.74) is -0.0619. The van der Waals surface area contributed by atoms with Crippen molar-refractivity contribution in [2.24, 2.45) is 16.3 Å². The van der Waals surface area contributed by atoms with Crippen LogP contribution in [0.15, 0.2) is 4.99 Å². The topological polar surface area (TPSA) is 59.9 Å². The van der Waals surface area contributed by atoms with Gasteiger partial charge in [-0.25, -0.2) is 0 Å². The highest BCUT2D eigenvalue weighted by atomic mass is 16.3. The van der Waals surface area contributed by atoms with E-state index in [4.69, 9.17) is 4.99 Å². The second-order valence-corrected chi connectivity index (χ2v) is 8.20. The second kappa shape index (κ2) is 10.4. The number of nitrogens with zero attached hydrogens (tertiary/aromatic N) is 2. The quantitative estimate of drug-likeness (QED) is 0.487. The SMILES string of the molecule is CCNC(=NCC1(C)CCCCC1O)NCCC1CCN(CC)CC1. The predicted molar refractivity (Wildman–Crippen MR) is 106 cm³/mol. The fourth-order valence-corrected chi connectivity index (χ4v) is 4.15. The van der Waals surface area contributed by atoms with Gasteiger partial charge in [0.1, 0.15) is 0 Å². The number of hydrogen-bond donors (Lipinski definition) is 3. The minimum absolute atomic E-state index is 0.0619. The lowest BCUT2D eigenvalue weighted by Crippen LogP contribution is -2.42. The van der Waals surface area contributed by atoms with Gasteiger partial charge in [0.15, 0.2) is 5.96 Å². The second-order valence-electron chi connectivity index (χ2n) is 8.20. The van der Waals surface area contributed by atoms with Gasteiger partial charge < -0.3 is 20.6 Å². The average molecular weight is 353 g/mol. The summed E-state index contributed by atoms with van der Waals surface area (Å²) >= 11 is 0. The highest BCUT2D eigenvalue weighted by Gasteiger charge is 2.35. The lowest BCUT2D eigenvalue weighted by molar-refractivity contribution is 0.00716. The first kappa shape index (κ1) is 20.5. The number of aliphatic hydroxyl groups is 1. The molecule has 2 atom stereocenters. The Morgan fingerprint density at radius 1 is 1.16 bits per heavy atom. The first-order chi connectivity index (χ1) is 12.1. The zero-order chi connectivity index (χ0) is 18.1. The van der Waals surface area contributed by atoms with Crippen molar-refractivity contribution < 1.29 is 5.11 Å². The van der Waals surface area contributed by atoms with Crippen LogP contribution < -0.4 is 10.6 Å². The Labute approximate surface area is 154 Å². The van der Waals surface area contributed by atoms with Gasteiger partial charge >= 0.3 is 0 Å². The van der Waals surface area contributed by atoms with Crippen LogP contribution in [-0.2, 0) is 0 Å². The molecule has 0 amide bonds. The van der Waals surface area contributed by atoms with Gasteiger partial charge in [-0.1, -0.05) is 26.7 Å². The van der Waals surface area contributed by atoms with E-state index in [9.17, 15) is 5.11 Å². The molecule has 5 nitrogen and oxygen atoms in total. The maximum absolute atomic E-state index is 10.3. The van der Waals surface area contributed by atoms with Crippen LogP contribution in [0.3, 0.4) is 0 Å². The summed E-state index contributed by atoms with van der Waals surface area (Å²) in [6, 6.07) is 0. The zero-order valence-electron chi connectivity index (χ0n) is 16.7. The van der Waals surface area contributed by atoms with E-state index in [1.165, 1.54) is 45.3 Å². The number of guanidine groups is 1. The minimum Gasteiger partial charge on any atom is -0.392 e. The van der Waals surface area contributed by atoms with Crippen LogP contribution in [0.1, 0.15) is 65.7 Å². The van der Waals surface area contributed by atoms with E-state index in [0.29, 0.717) is 6.54 Å². The van der Waals surface area contributed by atoms with Crippen LogP contribution in [0, 0.1) is 11.3 Å². The minimum atomic E-state index is -0.211. The van der Waals surface area contributed by atoms with E-state index in [-0.39, 0.29) is 11.5 Å². The summed E-state index contributed by atoms with van der Waals surface area (Å²) in [5.74, 6) is 1.75. The Balaban J connectivity index is 1.76. The van der Waals surface area contributed by atoms with Crippen molar-refractivity contribution in [1.82, 2.24) is 15.5 Å². The summed E-state index contributed by atoms with van der Waals surface area (Å²) in [4.78, 5) is 7.34. The van der Waals surface area contributed by atoms with Crippen LogP contribution in [-0.4, -0.2) is 61.3 Å². The molecule has 0 bridgehead atoms. The third-order valence-electron chi connectivity index (χ3n) is 6.22. The molecule has 1 saturated carbocycles. The number of aliphatic hydroxyl groups excluding tert-OH is 1. The van der Waals surface area contributed by atoms with Crippen molar-refractivity contribution in [3.8, 4) is 0 Å². The van der Waals surface area contributed by atoms with Crippen LogP contribution in [0.25, 0.3) is 0 Å². The van der Waals surface area contributed by atoms with Crippen LogP contribution in [0.5, 0.6) is 0 Å².